The van der Waals surface area contributed by atoms with Gasteiger partial charge in [-0.25, -0.2) is 9.97 Å². The normalized spacial score (nSPS) is 16.8. The van der Waals surface area contributed by atoms with Crippen molar-refractivity contribution in [1.29, 1.82) is 0 Å². The van der Waals surface area contributed by atoms with Gasteiger partial charge in [0.05, 0.1) is 25.0 Å². The Morgan fingerprint density at radius 3 is 2.68 bits per heavy atom. The first-order valence-corrected chi connectivity index (χ1v) is 11.8. The van der Waals surface area contributed by atoms with Gasteiger partial charge in [-0.3, -0.25) is 0 Å². The van der Waals surface area contributed by atoms with E-state index < -0.39 is 0 Å². The molecule has 0 aliphatic carbocycles. The number of hydrogen-bond donors (Lipinski definition) is 0. The molecule has 2 aromatic carbocycles. The van der Waals surface area contributed by atoms with Crippen LogP contribution in [0.1, 0.15) is 25.3 Å². The third-order valence-electron chi connectivity index (χ3n) is 6.30. The third-order valence-corrected chi connectivity index (χ3v) is 6.30. The first kappa shape index (κ1) is 22.4. The first-order valence-electron chi connectivity index (χ1n) is 11.8. The van der Waals surface area contributed by atoms with Crippen LogP contribution in [0.5, 0.6) is 5.75 Å². The molecule has 1 aliphatic rings. The Hall–Kier alpha value is -3.42. The lowest BCUT2D eigenvalue weighted by Gasteiger charge is -2.41. The number of benzene rings is 2. The van der Waals surface area contributed by atoms with Gasteiger partial charge in [0.2, 0.25) is 5.89 Å². The summed E-state index contributed by atoms with van der Waals surface area (Å²) in [4.78, 5) is 17.3. The van der Waals surface area contributed by atoms with E-state index in [0.717, 1.165) is 60.4 Å². The Kier molecular flexibility index (Phi) is 6.74. The average Bonchev–Trinajstić information content (AvgIpc) is 3.43. The molecule has 176 valence electrons. The summed E-state index contributed by atoms with van der Waals surface area (Å²) in [5.41, 5.74) is 3.66. The van der Waals surface area contributed by atoms with E-state index in [1.807, 2.05) is 30.3 Å². The van der Waals surface area contributed by atoms with E-state index in [4.69, 9.17) is 19.0 Å². The van der Waals surface area contributed by atoms with Crippen LogP contribution < -0.4 is 9.64 Å². The molecule has 0 saturated carbocycles. The van der Waals surface area contributed by atoms with Crippen molar-refractivity contribution in [1.82, 2.24) is 15.0 Å². The fraction of sp³-hybridized carbons (Fsp3) is 0.333. The zero-order chi connectivity index (χ0) is 23.3. The standard InChI is InChI=1S/C27H30N4O3/c1-3-7-22-18-30(15-16-31(22)32-2)24-13-11-21-10-12-23(27-28-14-17-33-27)29-25(21)26(24)34-19-20-8-5-4-6-9-20/h4-6,8-14,17,22H,3,7,15-16,18-19H2,1-2H3. The monoisotopic (exact) mass is 458 g/mol. The number of pyridine rings is 1. The van der Waals surface area contributed by atoms with Crippen LogP contribution in [0.25, 0.3) is 22.5 Å². The SMILES string of the molecule is CCCC1CN(c2ccc3ccc(-c4ncco4)nc3c2OCc2ccccc2)CCN1OC. The molecule has 34 heavy (non-hydrogen) atoms. The van der Waals surface area contributed by atoms with Gasteiger partial charge in [0.1, 0.15) is 24.1 Å². The maximum atomic E-state index is 6.51. The van der Waals surface area contributed by atoms with Crippen LogP contribution in [0.15, 0.2) is 71.5 Å². The number of fused-ring (bicyclic) bond motifs is 1. The van der Waals surface area contributed by atoms with Crippen LogP contribution in [0.2, 0.25) is 0 Å². The van der Waals surface area contributed by atoms with E-state index in [1.165, 1.54) is 0 Å². The number of rotatable bonds is 8. The van der Waals surface area contributed by atoms with Crippen molar-refractivity contribution < 1.29 is 14.0 Å². The smallest absolute Gasteiger partial charge is 0.245 e. The summed E-state index contributed by atoms with van der Waals surface area (Å²) in [6, 6.07) is 18.8. The van der Waals surface area contributed by atoms with Crippen LogP contribution in [-0.2, 0) is 11.4 Å². The average molecular weight is 459 g/mol. The summed E-state index contributed by atoms with van der Waals surface area (Å²) >= 11 is 0. The quantitative estimate of drug-likeness (QED) is 0.354. The number of hydroxylamine groups is 2. The van der Waals surface area contributed by atoms with E-state index in [-0.39, 0.29) is 0 Å². The number of ether oxygens (including phenoxy) is 1. The maximum absolute atomic E-state index is 6.51. The Bertz CT molecular complexity index is 1210. The molecule has 0 radical (unpaired) electrons. The third kappa shape index (κ3) is 4.62. The highest BCUT2D eigenvalue weighted by Crippen LogP contribution is 2.38. The van der Waals surface area contributed by atoms with Gasteiger partial charge < -0.3 is 18.9 Å². The molecular formula is C27H30N4O3. The minimum atomic E-state index is 0.327. The minimum Gasteiger partial charge on any atom is -0.484 e. The Balaban J connectivity index is 1.55. The number of aromatic nitrogens is 2. The summed E-state index contributed by atoms with van der Waals surface area (Å²) in [5.74, 6) is 1.29. The van der Waals surface area contributed by atoms with Crippen molar-refractivity contribution in [2.45, 2.75) is 32.4 Å². The molecule has 7 heteroatoms. The lowest BCUT2D eigenvalue weighted by atomic mass is 10.1. The van der Waals surface area contributed by atoms with Crippen molar-refractivity contribution in [2.24, 2.45) is 0 Å². The number of oxazole rings is 1. The topological polar surface area (TPSA) is 63.9 Å². The molecule has 1 saturated heterocycles. The molecule has 0 N–H and O–H groups in total. The van der Waals surface area contributed by atoms with E-state index >= 15 is 0 Å². The van der Waals surface area contributed by atoms with Crippen LogP contribution in [0.4, 0.5) is 5.69 Å². The maximum Gasteiger partial charge on any atom is 0.245 e. The van der Waals surface area contributed by atoms with E-state index in [9.17, 15) is 0 Å². The van der Waals surface area contributed by atoms with Crippen molar-refractivity contribution in [3.8, 4) is 17.3 Å². The van der Waals surface area contributed by atoms with E-state index in [1.54, 1.807) is 19.6 Å². The fourth-order valence-corrected chi connectivity index (χ4v) is 4.61. The summed E-state index contributed by atoms with van der Waals surface area (Å²) < 4.78 is 12.0. The zero-order valence-electron chi connectivity index (χ0n) is 19.7. The molecule has 1 atom stereocenters. The van der Waals surface area contributed by atoms with Gasteiger partial charge in [-0.1, -0.05) is 55.8 Å². The lowest BCUT2D eigenvalue weighted by Crippen LogP contribution is -2.52. The predicted octanol–water partition coefficient (Wildman–Crippen LogP) is 5.32. The second-order valence-electron chi connectivity index (χ2n) is 8.51. The van der Waals surface area contributed by atoms with Crippen LogP contribution >= 0.6 is 0 Å². The molecule has 7 nitrogen and oxygen atoms in total. The highest BCUT2D eigenvalue weighted by atomic mass is 16.7. The molecule has 0 amide bonds. The summed E-state index contributed by atoms with van der Waals surface area (Å²) in [6.45, 7) is 5.23. The summed E-state index contributed by atoms with van der Waals surface area (Å²) in [5, 5.41) is 3.12. The molecule has 1 aliphatic heterocycles. The number of piperazine rings is 1. The van der Waals surface area contributed by atoms with Gasteiger partial charge in [0.15, 0.2) is 5.75 Å². The predicted molar refractivity (Wildman–Crippen MR) is 133 cm³/mol. The van der Waals surface area contributed by atoms with Gasteiger partial charge >= 0.3 is 0 Å². The number of nitrogens with zero attached hydrogens (tertiary/aromatic N) is 4. The Morgan fingerprint density at radius 2 is 1.91 bits per heavy atom. The van der Waals surface area contributed by atoms with E-state index in [0.29, 0.717) is 24.2 Å². The van der Waals surface area contributed by atoms with Gasteiger partial charge in [-0.15, -0.1) is 0 Å². The van der Waals surface area contributed by atoms with Crippen LogP contribution in [0.3, 0.4) is 0 Å². The van der Waals surface area contributed by atoms with Crippen LogP contribution in [0, 0.1) is 0 Å². The highest BCUT2D eigenvalue weighted by molar-refractivity contribution is 5.91. The molecule has 2 aromatic heterocycles. The van der Waals surface area contributed by atoms with Gasteiger partial charge in [-0.05, 0) is 24.1 Å². The molecule has 4 aromatic rings. The fourth-order valence-electron chi connectivity index (χ4n) is 4.61. The molecule has 0 spiro atoms. The second kappa shape index (κ2) is 10.2. The summed E-state index contributed by atoms with van der Waals surface area (Å²) in [7, 11) is 1.76. The van der Waals surface area contributed by atoms with Crippen molar-refractivity contribution in [3.63, 3.8) is 0 Å². The Labute approximate surface area is 199 Å². The largest absolute Gasteiger partial charge is 0.484 e. The molecule has 1 fully saturated rings. The summed E-state index contributed by atoms with van der Waals surface area (Å²) in [6.07, 6.45) is 5.38. The minimum absolute atomic E-state index is 0.327. The second-order valence-corrected chi connectivity index (χ2v) is 8.51. The lowest BCUT2D eigenvalue weighted by molar-refractivity contribution is -0.166. The van der Waals surface area contributed by atoms with Crippen molar-refractivity contribution >= 4 is 16.6 Å². The molecular weight excluding hydrogens is 428 g/mol. The van der Waals surface area contributed by atoms with Crippen molar-refractivity contribution in [3.05, 3.63) is 72.6 Å². The number of anilines is 1. The molecule has 1 unspecified atom stereocenters. The van der Waals surface area contributed by atoms with Crippen LogP contribution in [-0.4, -0.2) is 47.8 Å². The molecule has 0 bridgehead atoms. The van der Waals surface area contributed by atoms with Gasteiger partial charge in [0, 0.05) is 25.0 Å². The molecule has 5 rings (SSSR count). The molecule has 3 heterocycles. The Morgan fingerprint density at radius 1 is 1.06 bits per heavy atom. The van der Waals surface area contributed by atoms with Gasteiger partial charge in [-0.2, -0.15) is 5.06 Å². The van der Waals surface area contributed by atoms with Gasteiger partial charge in [0.25, 0.3) is 0 Å². The number of hydrogen-bond acceptors (Lipinski definition) is 7. The zero-order valence-corrected chi connectivity index (χ0v) is 19.7. The van der Waals surface area contributed by atoms with Crippen molar-refractivity contribution in [2.75, 3.05) is 31.6 Å². The van der Waals surface area contributed by atoms with E-state index in [2.05, 4.69) is 46.1 Å². The first-order chi connectivity index (χ1) is 16.8. The highest BCUT2D eigenvalue weighted by Gasteiger charge is 2.29.